The predicted molar refractivity (Wildman–Crippen MR) is 119 cm³/mol. The van der Waals surface area contributed by atoms with Crippen molar-refractivity contribution in [2.75, 3.05) is 6.54 Å². The van der Waals surface area contributed by atoms with E-state index in [1.165, 1.54) is 5.56 Å². The fraction of sp³-hybridized carbons (Fsp3) is 0.208. The quantitative estimate of drug-likeness (QED) is 0.502. The van der Waals surface area contributed by atoms with E-state index in [9.17, 15) is 4.79 Å². The first-order valence-corrected chi connectivity index (χ1v) is 10.3. The highest BCUT2D eigenvalue weighted by Gasteiger charge is 2.31. The lowest BCUT2D eigenvalue weighted by Gasteiger charge is -2.34. The van der Waals surface area contributed by atoms with Crippen molar-refractivity contribution in [2.45, 2.75) is 25.9 Å². The molecule has 1 atom stereocenters. The van der Waals surface area contributed by atoms with Crippen LogP contribution in [0.3, 0.4) is 0 Å². The van der Waals surface area contributed by atoms with Crippen LogP contribution in [-0.2, 0) is 17.8 Å². The van der Waals surface area contributed by atoms with Gasteiger partial charge in [-0.1, -0.05) is 42.5 Å². The van der Waals surface area contributed by atoms with E-state index in [0.717, 1.165) is 29.0 Å². The summed E-state index contributed by atoms with van der Waals surface area (Å²) in [7, 11) is 0. The zero-order valence-corrected chi connectivity index (χ0v) is 17.6. The number of fused-ring (bicyclic) bond motifs is 2. The molecule has 1 aliphatic rings. The molecule has 0 saturated carbocycles. The molecule has 2 aromatic carbocycles. The number of aromatic nitrogens is 4. The van der Waals surface area contributed by atoms with Crippen LogP contribution in [0.4, 0.5) is 0 Å². The monoisotopic (exact) mass is 429 g/mol. The van der Waals surface area contributed by atoms with E-state index in [-0.39, 0.29) is 18.4 Å². The van der Waals surface area contributed by atoms with Gasteiger partial charge in [-0.2, -0.15) is 0 Å². The molecule has 0 fully saturated rings. The molecule has 0 saturated heterocycles. The summed E-state index contributed by atoms with van der Waals surface area (Å²) in [6.45, 7) is 2.81. The molecule has 8 heteroatoms. The summed E-state index contributed by atoms with van der Waals surface area (Å²) in [5.74, 6) is 1.73. The highest BCUT2D eigenvalue weighted by molar-refractivity contribution is 6.06. The van der Waals surface area contributed by atoms with E-state index in [1.807, 2.05) is 60.4 Å². The number of carbonyl (C=O) groups is 2. The van der Waals surface area contributed by atoms with E-state index in [4.69, 9.17) is 9.90 Å². The first-order chi connectivity index (χ1) is 15.6. The first-order valence-electron chi connectivity index (χ1n) is 10.3. The third kappa shape index (κ3) is 4.20. The minimum absolute atomic E-state index is 0.00793. The number of hydrogen-bond donors (Lipinski definition) is 1. The van der Waals surface area contributed by atoms with Crippen LogP contribution >= 0.6 is 0 Å². The van der Waals surface area contributed by atoms with Crippen LogP contribution in [0.15, 0.2) is 66.9 Å². The number of aryl methyl sites for hydroxylation is 1. The fourth-order valence-corrected chi connectivity index (χ4v) is 4.22. The van der Waals surface area contributed by atoms with E-state index in [0.29, 0.717) is 18.7 Å². The maximum absolute atomic E-state index is 13.5. The van der Waals surface area contributed by atoms with E-state index in [2.05, 4.69) is 31.9 Å². The second-order valence-electron chi connectivity index (χ2n) is 7.54. The Kier molecular flexibility index (Phi) is 6.21. The number of carboxylic acid groups (broad SMARTS) is 1. The van der Waals surface area contributed by atoms with Crippen molar-refractivity contribution in [1.82, 2.24) is 24.6 Å². The Morgan fingerprint density at radius 1 is 1.09 bits per heavy atom. The lowest BCUT2D eigenvalue weighted by Crippen LogP contribution is -2.42. The van der Waals surface area contributed by atoms with Crippen molar-refractivity contribution in [3.05, 3.63) is 89.6 Å². The summed E-state index contributed by atoms with van der Waals surface area (Å²) < 4.78 is 2.18. The van der Waals surface area contributed by atoms with Gasteiger partial charge in [-0.05, 0) is 37.1 Å². The molecule has 0 bridgehead atoms. The molecule has 32 heavy (non-hydrogen) atoms. The van der Waals surface area contributed by atoms with Crippen LogP contribution in [-0.4, -0.2) is 48.7 Å². The Morgan fingerprint density at radius 3 is 2.66 bits per heavy atom. The highest BCUT2D eigenvalue weighted by Crippen LogP contribution is 2.27. The maximum atomic E-state index is 13.5. The minimum atomic E-state index is -0.250. The van der Waals surface area contributed by atoms with Gasteiger partial charge in [0.1, 0.15) is 5.82 Å². The van der Waals surface area contributed by atoms with Crippen LogP contribution in [0, 0.1) is 6.92 Å². The lowest BCUT2D eigenvalue weighted by atomic mass is 10.0. The number of pyridine rings is 1. The Hall–Kier alpha value is -4.07. The molecule has 4 aromatic rings. The topological polar surface area (TPSA) is 101 Å². The van der Waals surface area contributed by atoms with E-state index in [1.54, 1.807) is 6.20 Å². The normalized spacial score (nSPS) is 14.9. The number of nitrogens with zero attached hydrogens (tertiary/aromatic N) is 5. The smallest absolute Gasteiger partial charge is 0.290 e. The third-order valence-electron chi connectivity index (χ3n) is 5.54. The van der Waals surface area contributed by atoms with Crippen molar-refractivity contribution in [1.29, 1.82) is 0 Å². The van der Waals surface area contributed by atoms with Crippen LogP contribution in [0.2, 0.25) is 0 Å². The zero-order chi connectivity index (χ0) is 22.5. The summed E-state index contributed by atoms with van der Waals surface area (Å²) in [4.78, 5) is 28.1. The van der Waals surface area contributed by atoms with Gasteiger partial charge in [-0.3, -0.25) is 14.6 Å². The Balaban J connectivity index is 0.000000775. The molecule has 5 rings (SSSR count). The Bertz CT molecular complexity index is 1230. The molecule has 162 valence electrons. The van der Waals surface area contributed by atoms with Gasteiger partial charge in [0.05, 0.1) is 18.1 Å². The van der Waals surface area contributed by atoms with Crippen LogP contribution < -0.4 is 0 Å². The van der Waals surface area contributed by atoms with Crippen molar-refractivity contribution in [3.63, 3.8) is 0 Å². The van der Waals surface area contributed by atoms with Crippen molar-refractivity contribution < 1.29 is 14.7 Å². The molecule has 2 aromatic heterocycles. The van der Waals surface area contributed by atoms with E-state index >= 15 is 0 Å². The molecule has 1 N–H and O–H groups in total. The fourth-order valence-electron chi connectivity index (χ4n) is 4.22. The summed E-state index contributed by atoms with van der Waals surface area (Å²) >= 11 is 0. The van der Waals surface area contributed by atoms with Crippen molar-refractivity contribution in [2.24, 2.45) is 0 Å². The highest BCUT2D eigenvalue weighted by atomic mass is 16.3. The predicted octanol–water partition coefficient (Wildman–Crippen LogP) is 3.28. The molecule has 0 aliphatic carbocycles. The molecule has 0 unspecified atom stereocenters. The molecular formula is C24H23N5O3. The largest absolute Gasteiger partial charge is 0.483 e. The van der Waals surface area contributed by atoms with Crippen LogP contribution in [0.25, 0.3) is 10.9 Å². The standard InChI is InChI=1S/C23H21N5O.CH2O2/c1-16-25-26-22-15-27(14-18(28(16)22)13-17-7-3-2-4-8-17)23(29)20-9-5-11-21-19(20)10-6-12-24-21;2-1-3/h2-12,18H,13-15H2,1H3;1H,(H,2,3)/t18-;/m1./s1. The summed E-state index contributed by atoms with van der Waals surface area (Å²) in [5, 5.41) is 16.4. The molecule has 8 nitrogen and oxygen atoms in total. The van der Waals surface area contributed by atoms with Crippen LogP contribution in [0.5, 0.6) is 0 Å². The van der Waals surface area contributed by atoms with Gasteiger partial charge in [0.2, 0.25) is 0 Å². The van der Waals surface area contributed by atoms with E-state index < -0.39 is 0 Å². The number of rotatable bonds is 3. The number of hydrogen-bond acceptors (Lipinski definition) is 5. The zero-order valence-electron chi connectivity index (χ0n) is 17.6. The van der Waals surface area contributed by atoms with Crippen LogP contribution in [0.1, 0.15) is 33.6 Å². The summed E-state index contributed by atoms with van der Waals surface area (Å²) in [6.07, 6.45) is 2.58. The van der Waals surface area contributed by atoms with Crippen molar-refractivity contribution in [3.8, 4) is 0 Å². The van der Waals surface area contributed by atoms with Gasteiger partial charge in [0.25, 0.3) is 12.4 Å². The Labute approximate surface area is 185 Å². The second-order valence-corrected chi connectivity index (χ2v) is 7.54. The van der Waals surface area contributed by atoms with Gasteiger partial charge in [-0.25, -0.2) is 0 Å². The van der Waals surface area contributed by atoms with Gasteiger partial charge in [0.15, 0.2) is 5.82 Å². The van der Waals surface area contributed by atoms with Gasteiger partial charge in [0, 0.05) is 23.7 Å². The summed E-state index contributed by atoms with van der Waals surface area (Å²) in [5.41, 5.74) is 2.74. The average molecular weight is 429 g/mol. The molecule has 1 aliphatic heterocycles. The number of amides is 1. The second kappa shape index (κ2) is 9.38. The SMILES string of the molecule is Cc1nnc2n1[C@H](Cc1ccccc1)CN(C(=O)c1cccc3ncccc13)C2.O=CO. The molecule has 1 amide bonds. The summed E-state index contributed by atoms with van der Waals surface area (Å²) in [6, 6.07) is 20.0. The number of carbonyl (C=O) groups excluding carboxylic acids is 1. The Morgan fingerprint density at radius 2 is 1.88 bits per heavy atom. The van der Waals surface area contributed by atoms with Gasteiger partial charge < -0.3 is 14.6 Å². The molecule has 3 heterocycles. The average Bonchev–Trinajstić information content (AvgIpc) is 3.20. The first kappa shape index (κ1) is 21.2. The van der Waals surface area contributed by atoms with Gasteiger partial charge in [-0.15, -0.1) is 10.2 Å². The molecular weight excluding hydrogens is 406 g/mol. The minimum Gasteiger partial charge on any atom is -0.483 e. The maximum Gasteiger partial charge on any atom is 0.290 e. The lowest BCUT2D eigenvalue weighted by molar-refractivity contribution is -0.122. The molecule has 0 spiro atoms. The number of benzene rings is 2. The third-order valence-corrected chi connectivity index (χ3v) is 5.54. The van der Waals surface area contributed by atoms with Gasteiger partial charge >= 0.3 is 0 Å². The van der Waals surface area contributed by atoms with Crippen molar-refractivity contribution >= 4 is 23.3 Å². The molecule has 0 radical (unpaired) electrons.